The molecular weight excluding hydrogens is 350 g/mol. The molecule has 138 valence electrons. The van der Waals surface area contributed by atoms with E-state index in [1.54, 1.807) is 35.6 Å². The molecule has 1 aliphatic heterocycles. The van der Waals surface area contributed by atoms with E-state index in [0.29, 0.717) is 24.3 Å². The highest BCUT2D eigenvalue weighted by Crippen LogP contribution is 2.24. The summed E-state index contributed by atoms with van der Waals surface area (Å²) in [7, 11) is 0. The van der Waals surface area contributed by atoms with Crippen molar-refractivity contribution in [1.82, 2.24) is 15.6 Å². The van der Waals surface area contributed by atoms with Crippen LogP contribution in [0.2, 0.25) is 0 Å². The van der Waals surface area contributed by atoms with Crippen LogP contribution >= 0.6 is 11.3 Å². The van der Waals surface area contributed by atoms with Crippen LogP contribution in [0.5, 0.6) is 0 Å². The van der Waals surface area contributed by atoms with Crippen LogP contribution in [-0.4, -0.2) is 36.6 Å². The Balaban J connectivity index is 1.51. The number of nitrogens with zero attached hydrogens (tertiary/aromatic N) is 2. The molecule has 0 bridgehead atoms. The highest BCUT2D eigenvalue weighted by molar-refractivity contribution is 7.13. The summed E-state index contributed by atoms with van der Waals surface area (Å²) in [5, 5.41) is 11.3. The zero-order chi connectivity index (χ0) is 18.4. The number of benzene rings is 1. The Morgan fingerprint density at radius 2 is 2.04 bits per heavy atom. The Morgan fingerprint density at radius 3 is 2.81 bits per heavy atom. The standard InChI is InChI=1S/C18H23N5O2S/c1-2-19-16(24)13-6-5-7-14(10-13)21-17(25)20-11-15-12-26-18(22-15)23-8-3-4-9-23/h5-7,10,12H,2-4,8-9,11H2,1H3,(H,19,24)(H2,20,21,25). The minimum Gasteiger partial charge on any atom is -0.352 e. The molecule has 3 N–H and O–H groups in total. The molecule has 0 unspecified atom stereocenters. The quantitative estimate of drug-likeness (QED) is 0.727. The molecule has 2 heterocycles. The van der Waals surface area contributed by atoms with Crippen LogP contribution in [0.15, 0.2) is 29.6 Å². The summed E-state index contributed by atoms with van der Waals surface area (Å²) >= 11 is 1.61. The number of anilines is 2. The number of hydrogen-bond donors (Lipinski definition) is 3. The topological polar surface area (TPSA) is 86.4 Å². The number of carbonyl (C=O) groups is 2. The van der Waals surface area contributed by atoms with Crippen LogP contribution in [0.4, 0.5) is 15.6 Å². The second kappa shape index (κ2) is 8.66. The molecule has 1 fully saturated rings. The van der Waals surface area contributed by atoms with E-state index in [1.807, 2.05) is 12.3 Å². The number of amides is 3. The fourth-order valence-corrected chi connectivity index (χ4v) is 3.66. The van der Waals surface area contributed by atoms with Crippen LogP contribution in [0, 0.1) is 0 Å². The van der Waals surface area contributed by atoms with Gasteiger partial charge in [-0.15, -0.1) is 11.3 Å². The van der Waals surface area contributed by atoms with Crippen molar-refractivity contribution in [2.45, 2.75) is 26.3 Å². The van der Waals surface area contributed by atoms with Gasteiger partial charge in [0.15, 0.2) is 5.13 Å². The molecule has 0 aliphatic carbocycles. The normalized spacial score (nSPS) is 13.5. The lowest BCUT2D eigenvalue weighted by molar-refractivity contribution is 0.0956. The number of urea groups is 1. The van der Waals surface area contributed by atoms with E-state index in [4.69, 9.17) is 0 Å². The molecule has 1 aromatic heterocycles. The Morgan fingerprint density at radius 1 is 1.23 bits per heavy atom. The maximum absolute atomic E-state index is 12.1. The Kier molecular flexibility index (Phi) is 6.06. The molecule has 1 saturated heterocycles. The van der Waals surface area contributed by atoms with E-state index in [0.717, 1.165) is 23.9 Å². The number of thiazole rings is 1. The van der Waals surface area contributed by atoms with E-state index < -0.39 is 0 Å². The lowest BCUT2D eigenvalue weighted by Gasteiger charge is -2.12. The Bertz CT molecular complexity index is 770. The zero-order valence-electron chi connectivity index (χ0n) is 14.7. The summed E-state index contributed by atoms with van der Waals surface area (Å²) < 4.78 is 0. The first-order valence-corrected chi connectivity index (χ1v) is 9.66. The molecule has 0 saturated carbocycles. The second-order valence-corrected chi connectivity index (χ2v) is 6.90. The summed E-state index contributed by atoms with van der Waals surface area (Å²) in [5.74, 6) is -0.159. The third kappa shape index (κ3) is 4.72. The first-order chi connectivity index (χ1) is 12.7. The van der Waals surface area contributed by atoms with Gasteiger partial charge in [-0.3, -0.25) is 4.79 Å². The smallest absolute Gasteiger partial charge is 0.319 e. The van der Waals surface area contributed by atoms with Gasteiger partial charge in [0, 0.05) is 36.3 Å². The molecule has 1 aliphatic rings. The molecular formula is C18H23N5O2S. The number of aromatic nitrogens is 1. The van der Waals surface area contributed by atoms with Crippen molar-refractivity contribution < 1.29 is 9.59 Å². The second-order valence-electron chi connectivity index (χ2n) is 6.06. The summed E-state index contributed by atoms with van der Waals surface area (Å²) in [4.78, 5) is 30.8. The van der Waals surface area contributed by atoms with Crippen LogP contribution < -0.4 is 20.9 Å². The predicted octanol–water partition coefficient (Wildman–Crippen LogP) is 2.81. The van der Waals surface area contributed by atoms with E-state index in [2.05, 4.69) is 25.8 Å². The highest BCUT2D eigenvalue weighted by Gasteiger charge is 2.15. The van der Waals surface area contributed by atoms with Gasteiger partial charge in [0.05, 0.1) is 12.2 Å². The molecule has 0 radical (unpaired) electrons. The average molecular weight is 373 g/mol. The van der Waals surface area contributed by atoms with Gasteiger partial charge in [0.2, 0.25) is 0 Å². The van der Waals surface area contributed by atoms with Crippen molar-refractivity contribution >= 4 is 34.1 Å². The van der Waals surface area contributed by atoms with Gasteiger partial charge in [-0.1, -0.05) is 6.07 Å². The van der Waals surface area contributed by atoms with Gasteiger partial charge in [-0.05, 0) is 38.0 Å². The number of rotatable bonds is 6. The molecule has 3 amide bonds. The van der Waals surface area contributed by atoms with Gasteiger partial charge < -0.3 is 20.9 Å². The maximum Gasteiger partial charge on any atom is 0.319 e. The van der Waals surface area contributed by atoms with Crippen molar-refractivity contribution in [2.24, 2.45) is 0 Å². The SMILES string of the molecule is CCNC(=O)c1cccc(NC(=O)NCc2csc(N3CCCC3)n2)c1. The Hall–Kier alpha value is -2.61. The summed E-state index contributed by atoms with van der Waals surface area (Å²) in [5.41, 5.74) is 1.94. The fourth-order valence-electron chi connectivity index (χ4n) is 2.78. The van der Waals surface area contributed by atoms with E-state index >= 15 is 0 Å². The minimum absolute atomic E-state index is 0.159. The molecule has 3 rings (SSSR count). The molecule has 0 atom stereocenters. The van der Waals surface area contributed by atoms with Gasteiger partial charge >= 0.3 is 6.03 Å². The molecule has 2 aromatic rings. The third-order valence-corrected chi connectivity index (χ3v) is 5.02. The van der Waals surface area contributed by atoms with Crippen LogP contribution in [0.3, 0.4) is 0 Å². The van der Waals surface area contributed by atoms with E-state index in [9.17, 15) is 9.59 Å². The van der Waals surface area contributed by atoms with Crippen LogP contribution in [0.25, 0.3) is 0 Å². The zero-order valence-corrected chi connectivity index (χ0v) is 15.6. The summed E-state index contributed by atoms with van der Waals surface area (Å²) in [6.45, 7) is 4.91. The number of nitrogens with one attached hydrogen (secondary N) is 3. The molecule has 26 heavy (non-hydrogen) atoms. The molecule has 0 spiro atoms. The molecule has 8 heteroatoms. The summed E-state index contributed by atoms with van der Waals surface area (Å²) in [6.07, 6.45) is 2.43. The molecule has 7 nitrogen and oxygen atoms in total. The van der Waals surface area contributed by atoms with Crippen molar-refractivity contribution in [3.05, 3.63) is 40.9 Å². The van der Waals surface area contributed by atoms with Crippen LogP contribution in [0.1, 0.15) is 35.8 Å². The van der Waals surface area contributed by atoms with Crippen LogP contribution in [-0.2, 0) is 6.54 Å². The van der Waals surface area contributed by atoms with Gasteiger partial charge in [0.1, 0.15) is 0 Å². The van der Waals surface area contributed by atoms with E-state index in [-0.39, 0.29) is 11.9 Å². The maximum atomic E-state index is 12.1. The van der Waals surface area contributed by atoms with Gasteiger partial charge in [-0.25, -0.2) is 9.78 Å². The van der Waals surface area contributed by atoms with Crippen molar-refractivity contribution in [2.75, 3.05) is 29.9 Å². The fraction of sp³-hybridized carbons (Fsp3) is 0.389. The average Bonchev–Trinajstić information content (AvgIpc) is 3.32. The Labute approximate surface area is 156 Å². The lowest BCUT2D eigenvalue weighted by Crippen LogP contribution is -2.28. The summed E-state index contributed by atoms with van der Waals surface area (Å²) in [6, 6.07) is 6.52. The third-order valence-electron chi connectivity index (χ3n) is 4.07. The van der Waals surface area contributed by atoms with Crippen molar-refractivity contribution in [3.63, 3.8) is 0 Å². The first kappa shape index (κ1) is 18.2. The molecule has 1 aromatic carbocycles. The number of hydrogen-bond acceptors (Lipinski definition) is 5. The first-order valence-electron chi connectivity index (χ1n) is 8.78. The van der Waals surface area contributed by atoms with Crippen molar-refractivity contribution in [1.29, 1.82) is 0 Å². The predicted molar refractivity (Wildman–Crippen MR) is 104 cm³/mol. The van der Waals surface area contributed by atoms with Gasteiger partial charge in [-0.2, -0.15) is 0 Å². The van der Waals surface area contributed by atoms with E-state index in [1.165, 1.54) is 12.8 Å². The lowest BCUT2D eigenvalue weighted by atomic mass is 10.2. The van der Waals surface area contributed by atoms with Gasteiger partial charge in [0.25, 0.3) is 5.91 Å². The largest absolute Gasteiger partial charge is 0.352 e. The highest BCUT2D eigenvalue weighted by atomic mass is 32.1. The van der Waals surface area contributed by atoms with Crippen molar-refractivity contribution in [3.8, 4) is 0 Å². The number of carbonyl (C=O) groups excluding carboxylic acids is 2. The minimum atomic E-state index is -0.325. The monoisotopic (exact) mass is 373 g/mol.